The highest BCUT2D eigenvalue weighted by Crippen LogP contribution is 2.26. The van der Waals surface area contributed by atoms with E-state index in [1.165, 1.54) is 13.8 Å². The molecule has 20 heavy (non-hydrogen) atoms. The third-order valence-electron chi connectivity index (χ3n) is 2.49. The van der Waals surface area contributed by atoms with Gasteiger partial charge >= 0.3 is 5.97 Å². The molecule has 9 heteroatoms. The van der Waals surface area contributed by atoms with Crippen LogP contribution in [0.4, 0.5) is 8.78 Å². The van der Waals surface area contributed by atoms with Gasteiger partial charge in [0.05, 0.1) is 5.02 Å². The van der Waals surface area contributed by atoms with Gasteiger partial charge in [0.15, 0.2) is 11.6 Å². The maximum absolute atomic E-state index is 13.6. The highest BCUT2D eigenvalue weighted by molar-refractivity contribution is 7.89. The molecule has 0 bridgehead atoms. The lowest BCUT2D eigenvalue weighted by molar-refractivity contribution is -0.140. The van der Waals surface area contributed by atoms with Crippen molar-refractivity contribution in [1.29, 1.82) is 0 Å². The zero-order chi connectivity index (χ0) is 15.7. The van der Waals surface area contributed by atoms with Crippen molar-refractivity contribution in [3.63, 3.8) is 0 Å². The maximum Gasteiger partial charge on any atom is 0.322 e. The Kier molecular flexibility index (Phi) is 5.06. The summed E-state index contributed by atoms with van der Waals surface area (Å²) in [5.74, 6) is -5.08. The van der Waals surface area contributed by atoms with Crippen LogP contribution >= 0.6 is 11.6 Å². The van der Waals surface area contributed by atoms with Crippen LogP contribution in [0.1, 0.15) is 13.8 Å². The number of hydrogen-bond acceptors (Lipinski definition) is 3. The van der Waals surface area contributed by atoms with Gasteiger partial charge in [-0.15, -0.1) is 0 Å². The molecular weight excluding hydrogens is 316 g/mol. The van der Waals surface area contributed by atoms with Crippen LogP contribution in [0.2, 0.25) is 5.02 Å². The third kappa shape index (κ3) is 3.44. The van der Waals surface area contributed by atoms with Gasteiger partial charge in [0.2, 0.25) is 10.0 Å². The number of carboxylic acid groups (broad SMARTS) is 1. The summed E-state index contributed by atoms with van der Waals surface area (Å²) in [6, 6.07) is 0.0618. The fraction of sp³-hybridized carbons (Fsp3) is 0.364. The lowest BCUT2D eigenvalue weighted by Gasteiger charge is -2.18. The van der Waals surface area contributed by atoms with Crippen molar-refractivity contribution in [2.45, 2.75) is 24.8 Å². The molecule has 0 radical (unpaired) electrons. The van der Waals surface area contributed by atoms with Gasteiger partial charge in [0, 0.05) is 0 Å². The van der Waals surface area contributed by atoms with E-state index < -0.39 is 49.5 Å². The molecule has 2 N–H and O–H groups in total. The van der Waals surface area contributed by atoms with Gasteiger partial charge in [-0.05, 0) is 18.1 Å². The molecule has 1 atom stereocenters. The Morgan fingerprint density at radius 3 is 2.35 bits per heavy atom. The van der Waals surface area contributed by atoms with Gasteiger partial charge in [0.25, 0.3) is 0 Å². The summed E-state index contributed by atoms with van der Waals surface area (Å²) >= 11 is 5.56. The van der Waals surface area contributed by atoms with Crippen LogP contribution in [0.25, 0.3) is 0 Å². The summed E-state index contributed by atoms with van der Waals surface area (Å²) < 4.78 is 52.4. The number of carboxylic acids is 1. The molecule has 0 saturated heterocycles. The molecule has 0 saturated carbocycles. The zero-order valence-electron chi connectivity index (χ0n) is 10.5. The topological polar surface area (TPSA) is 83.5 Å². The Morgan fingerprint density at radius 2 is 1.90 bits per heavy atom. The Balaban J connectivity index is 3.31. The summed E-state index contributed by atoms with van der Waals surface area (Å²) in [6.45, 7) is 2.93. The number of sulfonamides is 1. The average molecular weight is 328 g/mol. The van der Waals surface area contributed by atoms with Crippen LogP contribution in [-0.2, 0) is 14.8 Å². The van der Waals surface area contributed by atoms with E-state index in [4.69, 9.17) is 16.7 Å². The van der Waals surface area contributed by atoms with Crippen molar-refractivity contribution in [1.82, 2.24) is 4.72 Å². The quantitative estimate of drug-likeness (QED) is 0.810. The first-order chi connectivity index (χ1) is 9.08. The molecular formula is C11H12ClF2NO4S. The number of benzene rings is 1. The molecule has 5 nitrogen and oxygen atoms in total. The van der Waals surface area contributed by atoms with Gasteiger partial charge in [0.1, 0.15) is 10.9 Å². The number of halogens is 3. The lowest BCUT2D eigenvalue weighted by Crippen LogP contribution is -2.44. The van der Waals surface area contributed by atoms with Gasteiger partial charge in [-0.3, -0.25) is 4.79 Å². The predicted molar refractivity (Wildman–Crippen MR) is 68.0 cm³/mol. The van der Waals surface area contributed by atoms with E-state index in [9.17, 15) is 22.0 Å². The second-order valence-corrected chi connectivity index (χ2v) is 6.41. The van der Waals surface area contributed by atoms with E-state index in [0.717, 1.165) is 6.07 Å². The zero-order valence-corrected chi connectivity index (χ0v) is 12.1. The molecule has 0 fully saturated rings. The Bertz CT molecular complexity index is 634. The molecule has 0 aliphatic rings. The normalized spacial score (nSPS) is 13.5. The van der Waals surface area contributed by atoms with Crippen LogP contribution < -0.4 is 4.72 Å². The van der Waals surface area contributed by atoms with Crippen molar-refractivity contribution in [2.75, 3.05) is 0 Å². The van der Waals surface area contributed by atoms with Crippen LogP contribution in [0.5, 0.6) is 0 Å². The van der Waals surface area contributed by atoms with E-state index in [1.807, 2.05) is 0 Å². The number of aliphatic carboxylic acids is 1. The monoisotopic (exact) mass is 327 g/mol. The Hall–Kier alpha value is -1.25. The number of hydrogen-bond donors (Lipinski definition) is 2. The van der Waals surface area contributed by atoms with E-state index in [0.29, 0.717) is 6.07 Å². The molecule has 0 aliphatic carbocycles. The minimum Gasteiger partial charge on any atom is -0.480 e. The molecule has 1 aromatic rings. The van der Waals surface area contributed by atoms with E-state index in [2.05, 4.69) is 0 Å². The summed E-state index contributed by atoms with van der Waals surface area (Å²) in [4.78, 5) is 9.85. The minimum atomic E-state index is -4.61. The number of rotatable bonds is 5. The molecule has 112 valence electrons. The molecule has 1 aromatic carbocycles. The smallest absolute Gasteiger partial charge is 0.322 e. The summed E-state index contributed by atoms with van der Waals surface area (Å²) in [6.07, 6.45) is 0. The van der Waals surface area contributed by atoms with Crippen molar-refractivity contribution in [3.05, 3.63) is 28.8 Å². The highest BCUT2D eigenvalue weighted by Gasteiger charge is 2.32. The fourth-order valence-electron chi connectivity index (χ4n) is 1.45. The first kappa shape index (κ1) is 16.8. The molecule has 0 amide bonds. The van der Waals surface area contributed by atoms with Gasteiger partial charge in [-0.25, -0.2) is 17.2 Å². The van der Waals surface area contributed by atoms with E-state index in [-0.39, 0.29) is 0 Å². The average Bonchev–Trinajstić information content (AvgIpc) is 2.30. The maximum atomic E-state index is 13.6. The molecule has 0 spiro atoms. The van der Waals surface area contributed by atoms with E-state index >= 15 is 0 Å². The summed E-state index contributed by atoms with van der Waals surface area (Å²) in [7, 11) is -4.61. The van der Waals surface area contributed by atoms with E-state index in [1.54, 1.807) is 4.72 Å². The number of carbonyl (C=O) groups is 1. The van der Waals surface area contributed by atoms with Crippen molar-refractivity contribution in [3.8, 4) is 0 Å². The molecule has 1 rings (SSSR count). The number of nitrogens with one attached hydrogen (secondary N) is 1. The van der Waals surface area contributed by atoms with Crippen molar-refractivity contribution >= 4 is 27.6 Å². The fourth-order valence-corrected chi connectivity index (χ4v) is 3.39. The second-order valence-electron chi connectivity index (χ2n) is 4.35. The molecule has 0 aromatic heterocycles. The van der Waals surface area contributed by atoms with Gasteiger partial charge in [-0.1, -0.05) is 25.4 Å². The highest BCUT2D eigenvalue weighted by atomic mass is 35.5. The first-order valence-corrected chi connectivity index (χ1v) is 7.32. The summed E-state index contributed by atoms with van der Waals surface area (Å²) in [5, 5.41) is 8.38. The molecule has 0 heterocycles. The van der Waals surface area contributed by atoms with Gasteiger partial charge < -0.3 is 5.11 Å². The first-order valence-electron chi connectivity index (χ1n) is 5.46. The summed E-state index contributed by atoms with van der Waals surface area (Å²) in [5.41, 5.74) is 0. The molecule has 0 unspecified atom stereocenters. The predicted octanol–water partition coefficient (Wildman–Crippen LogP) is 2.01. The van der Waals surface area contributed by atoms with Crippen LogP contribution in [0.3, 0.4) is 0 Å². The van der Waals surface area contributed by atoms with Crippen LogP contribution in [-0.4, -0.2) is 25.5 Å². The Morgan fingerprint density at radius 1 is 1.35 bits per heavy atom. The van der Waals surface area contributed by atoms with Crippen molar-refractivity contribution < 1.29 is 27.1 Å². The SMILES string of the molecule is CC(C)[C@H](NS(=O)(=O)c1c(Cl)ccc(F)c1F)C(=O)O. The Labute approximate surface area is 119 Å². The van der Waals surface area contributed by atoms with Crippen LogP contribution in [0, 0.1) is 17.6 Å². The third-order valence-corrected chi connectivity index (χ3v) is 4.41. The standard InChI is InChI=1S/C11H12ClF2NO4S/c1-5(2)9(11(16)17)15-20(18,19)10-6(12)3-4-7(13)8(10)14/h3-5,9,15H,1-2H3,(H,16,17)/t9-/m0/s1. The molecule has 0 aliphatic heterocycles. The van der Waals surface area contributed by atoms with Crippen molar-refractivity contribution in [2.24, 2.45) is 5.92 Å². The largest absolute Gasteiger partial charge is 0.480 e. The lowest BCUT2D eigenvalue weighted by atomic mass is 10.1. The minimum absolute atomic E-state index is 0.538. The second kappa shape index (κ2) is 6.02. The van der Waals surface area contributed by atoms with Gasteiger partial charge in [-0.2, -0.15) is 4.72 Å². The van der Waals surface area contributed by atoms with Crippen LogP contribution in [0.15, 0.2) is 17.0 Å².